The van der Waals surface area contributed by atoms with Crippen LogP contribution in [-0.2, 0) is 26.9 Å². The number of hydrogen-bond acceptors (Lipinski definition) is 3. The molecule has 0 saturated carbocycles. The molecule has 5 heteroatoms. The van der Waals surface area contributed by atoms with Gasteiger partial charge in [0.2, 0.25) is 0 Å². The van der Waals surface area contributed by atoms with Crippen LogP contribution in [0.15, 0.2) is 18.6 Å². The van der Waals surface area contributed by atoms with Gasteiger partial charge < -0.3 is 10.3 Å². The molecule has 2 N–H and O–H groups in total. The van der Waals surface area contributed by atoms with E-state index in [4.69, 9.17) is 5.73 Å². The molecule has 0 radical (unpaired) electrons. The van der Waals surface area contributed by atoms with Gasteiger partial charge in [-0.05, 0) is 6.42 Å². The molecule has 0 fully saturated rings. The first-order valence-corrected chi connectivity index (χ1v) is 5.86. The Labute approximate surface area is 101 Å². The molecule has 1 atom stereocenters. The van der Waals surface area contributed by atoms with Crippen molar-refractivity contribution in [3.63, 3.8) is 0 Å². The molecule has 0 aliphatic heterocycles. The van der Waals surface area contributed by atoms with Gasteiger partial charge in [-0.25, -0.2) is 4.98 Å². The minimum atomic E-state index is -0.0419. The molecule has 0 bridgehead atoms. The first kappa shape index (κ1) is 11.9. The van der Waals surface area contributed by atoms with Crippen LogP contribution in [0.25, 0.3) is 0 Å². The van der Waals surface area contributed by atoms with Gasteiger partial charge in [-0.1, -0.05) is 6.92 Å². The van der Waals surface area contributed by atoms with Gasteiger partial charge in [0.05, 0.1) is 5.69 Å². The highest BCUT2D eigenvalue weighted by molar-refractivity contribution is 5.22. The molecule has 17 heavy (non-hydrogen) atoms. The summed E-state index contributed by atoms with van der Waals surface area (Å²) in [6, 6.07) is -0.0419. The van der Waals surface area contributed by atoms with Gasteiger partial charge in [0.25, 0.3) is 0 Å². The number of nitrogens with two attached hydrogens (primary N) is 1. The zero-order chi connectivity index (χ0) is 12.4. The van der Waals surface area contributed by atoms with Crippen LogP contribution in [-0.4, -0.2) is 19.3 Å². The van der Waals surface area contributed by atoms with Gasteiger partial charge >= 0.3 is 0 Å². The van der Waals surface area contributed by atoms with E-state index in [1.807, 2.05) is 35.7 Å². The molecule has 0 aliphatic carbocycles. The van der Waals surface area contributed by atoms with E-state index in [1.165, 1.54) is 0 Å². The van der Waals surface area contributed by atoms with Crippen LogP contribution in [0.1, 0.15) is 30.0 Å². The van der Waals surface area contributed by atoms with Gasteiger partial charge in [0, 0.05) is 50.7 Å². The Morgan fingerprint density at radius 1 is 1.41 bits per heavy atom. The highest BCUT2D eigenvalue weighted by Crippen LogP contribution is 2.18. The maximum Gasteiger partial charge on any atom is 0.110 e. The van der Waals surface area contributed by atoms with E-state index in [0.29, 0.717) is 0 Å². The SMILES string of the molecule is CCc1nn(C)cc1C(N)Cc1nccn1C. The maximum atomic E-state index is 6.24. The van der Waals surface area contributed by atoms with Gasteiger partial charge in [-0.15, -0.1) is 0 Å². The number of imidazole rings is 1. The average molecular weight is 233 g/mol. The molecule has 5 nitrogen and oxygen atoms in total. The summed E-state index contributed by atoms with van der Waals surface area (Å²) in [5, 5.41) is 4.41. The largest absolute Gasteiger partial charge is 0.338 e. The number of nitrogens with zero attached hydrogens (tertiary/aromatic N) is 4. The van der Waals surface area contributed by atoms with Crippen LogP contribution in [0.5, 0.6) is 0 Å². The minimum absolute atomic E-state index is 0.0419. The first-order valence-electron chi connectivity index (χ1n) is 5.86. The van der Waals surface area contributed by atoms with E-state index in [9.17, 15) is 0 Å². The molecule has 2 rings (SSSR count). The third-order valence-corrected chi connectivity index (χ3v) is 3.00. The van der Waals surface area contributed by atoms with Crippen molar-refractivity contribution in [1.82, 2.24) is 19.3 Å². The summed E-state index contributed by atoms with van der Waals surface area (Å²) in [6.07, 6.45) is 7.39. The fourth-order valence-corrected chi connectivity index (χ4v) is 2.04. The van der Waals surface area contributed by atoms with Crippen LogP contribution in [0.3, 0.4) is 0 Å². The standard InChI is InChI=1S/C12H19N5/c1-4-11-9(8-17(3)15-11)10(13)7-12-14-5-6-16(12)2/h5-6,8,10H,4,7,13H2,1-3H3. The molecule has 0 aliphatic rings. The normalized spacial score (nSPS) is 12.9. The van der Waals surface area contributed by atoms with Crippen LogP contribution in [0.2, 0.25) is 0 Å². The summed E-state index contributed by atoms with van der Waals surface area (Å²) in [6.45, 7) is 2.10. The summed E-state index contributed by atoms with van der Waals surface area (Å²) in [5.74, 6) is 1.00. The monoisotopic (exact) mass is 233 g/mol. The zero-order valence-corrected chi connectivity index (χ0v) is 10.6. The van der Waals surface area contributed by atoms with Crippen LogP contribution in [0, 0.1) is 0 Å². The Hall–Kier alpha value is -1.62. The Kier molecular flexibility index (Phi) is 3.28. The lowest BCUT2D eigenvalue weighted by molar-refractivity contribution is 0.654. The molecule has 0 amide bonds. The smallest absolute Gasteiger partial charge is 0.110 e. The van der Waals surface area contributed by atoms with Crippen molar-refractivity contribution >= 4 is 0 Å². The highest BCUT2D eigenvalue weighted by Gasteiger charge is 2.16. The van der Waals surface area contributed by atoms with E-state index in [2.05, 4.69) is 17.0 Å². The molecule has 0 aromatic carbocycles. The fourth-order valence-electron chi connectivity index (χ4n) is 2.04. The predicted molar refractivity (Wildman–Crippen MR) is 66.4 cm³/mol. The second-order valence-corrected chi connectivity index (χ2v) is 4.32. The van der Waals surface area contributed by atoms with Crippen LogP contribution < -0.4 is 5.73 Å². The highest BCUT2D eigenvalue weighted by atomic mass is 15.3. The van der Waals surface area contributed by atoms with Crippen molar-refractivity contribution in [2.45, 2.75) is 25.8 Å². The van der Waals surface area contributed by atoms with E-state index >= 15 is 0 Å². The first-order chi connectivity index (χ1) is 8.11. The third kappa shape index (κ3) is 2.39. The number of aromatic nitrogens is 4. The summed E-state index contributed by atoms with van der Waals surface area (Å²) < 4.78 is 3.83. The molecule has 0 saturated heterocycles. The molecular weight excluding hydrogens is 214 g/mol. The van der Waals surface area contributed by atoms with E-state index in [0.717, 1.165) is 29.9 Å². The van der Waals surface area contributed by atoms with Crippen LogP contribution >= 0.6 is 0 Å². The Morgan fingerprint density at radius 2 is 2.18 bits per heavy atom. The van der Waals surface area contributed by atoms with Crippen molar-refractivity contribution in [1.29, 1.82) is 0 Å². The molecular formula is C12H19N5. The number of rotatable bonds is 4. The maximum absolute atomic E-state index is 6.24. The van der Waals surface area contributed by atoms with Gasteiger partial charge in [0.1, 0.15) is 5.82 Å². The zero-order valence-electron chi connectivity index (χ0n) is 10.6. The average Bonchev–Trinajstić information content (AvgIpc) is 2.85. The lowest BCUT2D eigenvalue weighted by atomic mass is 10.0. The second-order valence-electron chi connectivity index (χ2n) is 4.32. The molecule has 92 valence electrons. The lowest BCUT2D eigenvalue weighted by Crippen LogP contribution is -2.16. The number of aryl methyl sites for hydroxylation is 3. The van der Waals surface area contributed by atoms with Crippen molar-refractivity contribution in [2.75, 3.05) is 0 Å². The summed E-state index contributed by atoms with van der Waals surface area (Å²) >= 11 is 0. The summed E-state index contributed by atoms with van der Waals surface area (Å²) in [5.41, 5.74) is 8.44. The van der Waals surface area contributed by atoms with Gasteiger partial charge in [-0.2, -0.15) is 5.10 Å². The predicted octanol–water partition coefficient (Wildman–Crippen LogP) is 0.958. The quantitative estimate of drug-likeness (QED) is 0.855. The number of hydrogen-bond donors (Lipinski definition) is 1. The van der Waals surface area contributed by atoms with Crippen LogP contribution in [0.4, 0.5) is 0 Å². The second kappa shape index (κ2) is 4.71. The van der Waals surface area contributed by atoms with Crippen molar-refractivity contribution in [2.24, 2.45) is 19.8 Å². The fraction of sp³-hybridized carbons (Fsp3) is 0.500. The van der Waals surface area contributed by atoms with Gasteiger partial charge in [0.15, 0.2) is 0 Å². The Morgan fingerprint density at radius 3 is 2.76 bits per heavy atom. The van der Waals surface area contributed by atoms with E-state index in [-0.39, 0.29) is 6.04 Å². The Bertz CT molecular complexity index is 497. The summed E-state index contributed by atoms with van der Waals surface area (Å²) in [7, 11) is 3.91. The molecule has 2 aromatic rings. The van der Waals surface area contributed by atoms with E-state index in [1.54, 1.807) is 6.20 Å². The topological polar surface area (TPSA) is 61.7 Å². The third-order valence-electron chi connectivity index (χ3n) is 3.00. The van der Waals surface area contributed by atoms with Crippen molar-refractivity contribution in [3.8, 4) is 0 Å². The molecule has 2 aromatic heterocycles. The van der Waals surface area contributed by atoms with E-state index < -0.39 is 0 Å². The summed E-state index contributed by atoms with van der Waals surface area (Å²) in [4.78, 5) is 4.30. The lowest BCUT2D eigenvalue weighted by Gasteiger charge is -2.11. The van der Waals surface area contributed by atoms with Crippen molar-refractivity contribution in [3.05, 3.63) is 35.7 Å². The minimum Gasteiger partial charge on any atom is -0.338 e. The van der Waals surface area contributed by atoms with Gasteiger partial charge in [-0.3, -0.25) is 4.68 Å². The molecule has 1 unspecified atom stereocenters. The molecule has 0 spiro atoms. The molecule has 2 heterocycles. The van der Waals surface area contributed by atoms with Crippen molar-refractivity contribution < 1.29 is 0 Å². The Balaban J connectivity index is 2.19.